The fourth-order valence-corrected chi connectivity index (χ4v) is 3.12. The quantitative estimate of drug-likeness (QED) is 0.555. The van der Waals surface area contributed by atoms with Gasteiger partial charge in [0.05, 0.1) is 6.07 Å². The van der Waals surface area contributed by atoms with E-state index >= 15 is 0 Å². The Bertz CT molecular complexity index is 987. The molecule has 0 amide bonds. The second kappa shape index (κ2) is 7.57. The van der Waals surface area contributed by atoms with E-state index in [9.17, 15) is 18.4 Å². The number of rotatable bonds is 5. The van der Waals surface area contributed by atoms with Gasteiger partial charge in [0.1, 0.15) is 11.6 Å². The Labute approximate surface area is 149 Å². The van der Waals surface area contributed by atoms with Gasteiger partial charge in [-0.3, -0.25) is 0 Å². The highest BCUT2D eigenvalue weighted by atomic mass is 19.2. The maximum absolute atomic E-state index is 14.9. The minimum Gasteiger partial charge on any atom is -0.217 e. The minimum absolute atomic E-state index is 0.0638. The van der Waals surface area contributed by atoms with Crippen LogP contribution in [0.25, 0.3) is 10.8 Å². The summed E-state index contributed by atoms with van der Waals surface area (Å²) in [4.78, 5) is 3.46. The minimum atomic E-state index is -1.37. The summed E-state index contributed by atoms with van der Waals surface area (Å²) >= 11 is 0. The second-order valence-electron chi connectivity index (χ2n) is 6.13. The topological polar surface area (TPSA) is 36.7 Å². The highest BCUT2D eigenvalue weighted by Crippen LogP contribution is 2.33. The number of nitriles is 1. The Hall–Kier alpha value is -2.87. The number of fused-ring (bicyclic) bond motifs is 1. The van der Waals surface area contributed by atoms with Crippen LogP contribution in [-0.2, 0) is 6.42 Å². The molecule has 1 heterocycles. The van der Waals surface area contributed by atoms with Crippen molar-refractivity contribution in [3.8, 4) is 6.07 Å². The summed E-state index contributed by atoms with van der Waals surface area (Å²) in [5, 5.41) is 11.3. The van der Waals surface area contributed by atoms with Gasteiger partial charge in [-0.1, -0.05) is 55.8 Å². The van der Waals surface area contributed by atoms with Crippen molar-refractivity contribution in [3.05, 3.63) is 76.9 Å². The van der Waals surface area contributed by atoms with Crippen molar-refractivity contribution in [3.63, 3.8) is 0 Å². The third-order valence-corrected chi connectivity index (χ3v) is 4.47. The Kier molecular flexibility index (Phi) is 5.22. The van der Waals surface area contributed by atoms with Crippen molar-refractivity contribution in [1.29, 1.82) is 5.26 Å². The molecule has 1 unspecified atom stereocenters. The van der Waals surface area contributed by atoms with Crippen LogP contribution >= 0.6 is 0 Å². The monoisotopic (exact) mass is 354 g/mol. The maximum atomic E-state index is 14.9. The van der Waals surface area contributed by atoms with E-state index in [4.69, 9.17) is 0 Å². The summed E-state index contributed by atoms with van der Waals surface area (Å²) in [6, 6.07) is 14.7. The molecule has 0 aliphatic rings. The fraction of sp³-hybridized carbons (Fsp3) is 0.238. The van der Waals surface area contributed by atoms with Crippen LogP contribution in [0.3, 0.4) is 0 Å². The van der Waals surface area contributed by atoms with E-state index in [1.807, 2.05) is 43.3 Å². The molecule has 0 fully saturated rings. The molecular weight excluding hydrogens is 337 g/mol. The Morgan fingerprint density at radius 2 is 1.77 bits per heavy atom. The summed E-state index contributed by atoms with van der Waals surface area (Å²) in [6.45, 7) is 1.88. The van der Waals surface area contributed by atoms with Gasteiger partial charge in [-0.2, -0.15) is 9.65 Å². The first-order valence-electron chi connectivity index (χ1n) is 8.49. The molecule has 0 N–H and O–H groups in total. The molecule has 0 radical (unpaired) electrons. The Balaban J connectivity index is 2.20. The second-order valence-corrected chi connectivity index (χ2v) is 6.13. The number of unbranched alkanes of at least 4 members (excludes halogenated alkanes) is 1. The molecule has 0 spiro atoms. The molecule has 1 aromatic heterocycles. The summed E-state index contributed by atoms with van der Waals surface area (Å²) in [5.74, 6) is -4.70. The average molecular weight is 354 g/mol. The SMILES string of the molecule is CCCCc1c(F)c(F)nc(C(C#N)c2cccc3ccccc23)c1F. The van der Waals surface area contributed by atoms with Crippen molar-refractivity contribution in [1.82, 2.24) is 4.98 Å². The van der Waals surface area contributed by atoms with E-state index in [1.165, 1.54) is 0 Å². The molecule has 2 aromatic carbocycles. The first kappa shape index (κ1) is 17.9. The van der Waals surface area contributed by atoms with Crippen LogP contribution in [0, 0.1) is 28.9 Å². The van der Waals surface area contributed by atoms with Crippen molar-refractivity contribution in [2.24, 2.45) is 0 Å². The normalized spacial score (nSPS) is 12.1. The standard InChI is InChI=1S/C21H17F3N2/c1-2-3-9-16-18(22)20(26-21(24)19(16)23)17(12-25)15-11-6-8-13-7-4-5-10-14(13)15/h4-8,10-11,17H,2-3,9H2,1H3. The lowest BCUT2D eigenvalue weighted by Gasteiger charge is -2.15. The van der Waals surface area contributed by atoms with Crippen molar-refractivity contribution < 1.29 is 13.2 Å². The molecule has 3 aromatic rings. The van der Waals surface area contributed by atoms with E-state index in [2.05, 4.69) is 4.98 Å². The number of hydrogen-bond acceptors (Lipinski definition) is 2. The molecule has 3 rings (SSSR count). The highest BCUT2D eigenvalue weighted by molar-refractivity contribution is 5.86. The first-order valence-corrected chi connectivity index (χ1v) is 8.49. The smallest absolute Gasteiger partial charge is 0.217 e. The van der Waals surface area contributed by atoms with Gasteiger partial charge in [-0.25, -0.2) is 13.8 Å². The van der Waals surface area contributed by atoms with Crippen LogP contribution < -0.4 is 0 Å². The third kappa shape index (κ3) is 3.15. The van der Waals surface area contributed by atoms with Gasteiger partial charge in [-0.05, 0) is 29.2 Å². The number of aromatic nitrogens is 1. The Morgan fingerprint density at radius 3 is 2.50 bits per heavy atom. The van der Waals surface area contributed by atoms with Crippen LogP contribution in [0.4, 0.5) is 13.2 Å². The molecule has 1 atom stereocenters. The van der Waals surface area contributed by atoms with Crippen LogP contribution in [0.1, 0.15) is 42.5 Å². The van der Waals surface area contributed by atoms with Gasteiger partial charge in [0, 0.05) is 5.56 Å². The number of pyridine rings is 1. The summed E-state index contributed by atoms with van der Waals surface area (Å²) in [5.41, 5.74) is -0.187. The van der Waals surface area contributed by atoms with E-state index in [1.54, 1.807) is 12.1 Å². The third-order valence-electron chi connectivity index (χ3n) is 4.47. The molecule has 0 bridgehead atoms. The first-order chi connectivity index (χ1) is 12.6. The van der Waals surface area contributed by atoms with Crippen molar-refractivity contribution in [2.75, 3.05) is 0 Å². The van der Waals surface area contributed by atoms with E-state index in [0.29, 0.717) is 18.4 Å². The molecule has 5 heteroatoms. The molecule has 0 saturated carbocycles. The highest BCUT2D eigenvalue weighted by Gasteiger charge is 2.27. The number of hydrogen-bond donors (Lipinski definition) is 0. The van der Waals surface area contributed by atoms with Crippen molar-refractivity contribution >= 4 is 10.8 Å². The lowest BCUT2D eigenvalue weighted by Crippen LogP contribution is -2.12. The number of halogens is 3. The summed E-state index contributed by atoms with van der Waals surface area (Å²) < 4.78 is 43.0. The predicted octanol–water partition coefficient (Wildman–Crippen LogP) is 5.65. The predicted molar refractivity (Wildman–Crippen MR) is 94.1 cm³/mol. The van der Waals surface area contributed by atoms with E-state index in [-0.39, 0.29) is 17.7 Å². The fourth-order valence-electron chi connectivity index (χ4n) is 3.12. The molecule has 132 valence electrons. The zero-order valence-corrected chi connectivity index (χ0v) is 14.3. The molecule has 2 nitrogen and oxygen atoms in total. The lowest BCUT2D eigenvalue weighted by molar-refractivity contribution is 0.440. The zero-order chi connectivity index (χ0) is 18.7. The van der Waals surface area contributed by atoms with Crippen LogP contribution in [0.15, 0.2) is 42.5 Å². The molecule has 0 aliphatic carbocycles. The largest absolute Gasteiger partial charge is 0.249 e. The van der Waals surface area contributed by atoms with Gasteiger partial charge in [-0.15, -0.1) is 0 Å². The molecule has 0 aliphatic heterocycles. The molecular formula is C21H17F3N2. The maximum Gasteiger partial charge on any atom is 0.249 e. The number of benzene rings is 2. The lowest BCUT2D eigenvalue weighted by atomic mass is 9.90. The Morgan fingerprint density at radius 1 is 1.04 bits per heavy atom. The van der Waals surface area contributed by atoms with Crippen LogP contribution in [-0.4, -0.2) is 4.98 Å². The van der Waals surface area contributed by atoms with E-state index < -0.39 is 23.5 Å². The van der Waals surface area contributed by atoms with Gasteiger partial charge in [0.25, 0.3) is 0 Å². The van der Waals surface area contributed by atoms with Crippen molar-refractivity contribution in [2.45, 2.75) is 32.1 Å². The van der Waals surface area contributed by atoms with Crippen LogP contribution in [0.5, 0.6) is 0 Å². The summed E-state index contributed by atoms with van der Waals surface area (Å²) in [7, 11) is 0. The van der Waals surface area contributed by atoms with E-state index in [0.717, 1.165) is 10.8 Å². The van der Waals surface area contributed by atoms with Crippen LogP contribution in [0.2, 0.25) is 0 Å². The molecule has 0 saturated heterocycles. The average Bonchev–Trinajstić information content (AvgIpc) is 2.66. The molecule has 26 heavy (non-hydrogen) atoms. The zero-order valence-electron chi connectivity index (χ0n) is 14.3. The van der Waals surface area contributed by atoms with Gasteiger partial charge in [0.15, 0.2) is 11.6 Å². The van der Waals surface area contributed by atoms with Gasteiger partial charge >= 0.3 is 0 Å². The van der Waals surface area contributed by atoms with Gasteiger partial charge < -0.3 is 0 Å². The van der Waals surface area contributed by atoms with Gasteiger partial charge in [0.2, 0.25) is 5.95 Å². The summed E-state index contributed by atoms with van der Waals surface area (Å²) in [6.07, 6.45) is 1.29. The number of nitrogens with zero attached hydrogens (tertiary/aromatic N) is 2.